The summed E-state index contributed by atoms with van der Waals surface area (Å²) in [4.78, 5) is 23.4. The number of ketones is 2. The maximum Gasteiger partial charge on any atom is 0.132 e. The van der Waals surface area contributed by atoms with Gasteiger partial charge in [-0.2, -0.15) is 0 Å². The Balaban J connectivity index is 2.19. The lowest BCUT2D eigenvalue weighted by atomic mass is 10.0. The summed E-state index contributed by atoms with van der Waals surface area (Å²) in [6.07, 6.45) is 18.5. The van der Waals surface area contributed by atoms with E-state index in [0.717, 1.165) is 64.2 Å². The van der Waals surface area contributed by atoms with Crippen molar-refractivity contribution in [2.24, 2.45) is 0 Å². The lowest BCUT2D eigenvalue weighted by Gasteiger charge is -2.02. The Kier molecular flexibility index (Phi) is 11.4. The first-order valence-electron chi connectivity index (χ1n) is 9.32. The van der Waals surface area contributed by atoms with Crippen molar-refractivity contribution in [1.82, 2.24) is 0 Å². The molecule has 1 aliphatic carbocycles. The molecule has 0 amide bonds. The van der Waals surface area contributed by atoms with Crippen molar-refractivity contribution in [3.63, 3.8) is 0 Å². The molecule has 0 atom stereocenters. The Morgan fingerprint density at radius 1 is 0.333 bits per heavy atom. The first-order valence-corrected chi connectivity index (χ1v) is 9.32. The maximum atomic E-state index is 11.7. The van der Waals surface area contributed by atoms with Crippen LogP contribution < -0.4 is 0 Å². The molecular formula is C19H34O2. The molecule has 0 saturated heterocycles. The second-order valence-electron chi connectivity index (χ2n) is 6.67. The molecule has 0 aromatic carbocycles. The van der Waals surface area contributed by atoms with Gasteiger partial charge in [-0.1, -0.05) is 57.8 Å². The quantitative estimate of drug-likeness (QED) is 0.568. The van der Waals surface area contributed by atoms with Gasteiger partial charge >= 0.3 is 0 Å². The Labute approximate surface area is 131 Å². The summed E-state index contributed by atoms with van der Waals surface area (Å²) in [6, 6.07) is 0. The van der Waals surface area contributed by atoms with E-state index in [1.807, 2.05) is 0 Å². The van der Waals surface area contributed by atoms with Crippen LogP contribution >= 0.6 is 0 Å². The van der Waals surface area contributed by atoms with Gasteiger partial charge in [0.15, 0.2) is 0 Å². The number of carbonyl (C=O) groups excluding carboxylic acids is 2. The second-order valence-corrected chi connectivity index (χ2v) is 6.67. The third-order valence-electron chi connectivity index (χ3n) is 4.57. The topological polar surface area (TPSA) is 34.1 Å². The number of hydrogen-bond acceptors (Lipinski definition) is 2. The highest BCUT2D eigenvalue weighted by atomic mass is 16.1. The van der Waals surface area contributed by atoms with Crippen LogP contribution in [0.25, 0.3) is 0 Å². The summed E-state index contributed by atoms with van der Waals surface area (Å²) in [6.45, 7) is 0. The van der Waals surface area contributed by atoms with Gasteiger partial charge in [0.05, 0.1) is 0 Å². The average molecular weight is 294 g/mol. The van der Waals surface area contributed by atoms with Crippen LogP contribution in [-0.4, -0.2) is 11.6 Å². The summed E-state index contributed by atoms with van der Waals surface area (Å²) in [5.74, 6) is 0.922. The van der Waals surface area contributed by atoms with Crippen molar-refractivity contribution in [1.29, 1.82) is 0 Å². The normalized spacial score (nSPS) is 23.0. The van der Waals surface area contributed by atoms with Crippen LogP contribution in [0.4, 0.5) is 0 Å². The fourth-order valence-electron chi connectivity index (χ4n) is 3.13. The molecule has 1 aliphatic rings. The molecule has 0 spiro atoms. The maximum absolute atomic E-state index is 11.7. The van der Waals surface area contributed by atoms with Crippen LogP contribution in [0.15, 0.2) is 0 Å². The third kappa shape index (κ3) is 11.7. The zero-order valence-electron chi connectivity index (χ0n) is 13.8. The van der Waals surface area contributed by atoms with Crippen LogP contribution in [0.2, 0.25) is 0 Å². The van der Waals surface area contributed by atoms with Gasteiger partial charge in [-0.3, -0.25) is 9.59 Å². The molecule has 0 aliphatic heterocycles. The van der Waals surface area contributed by atoms with E-state index < -0.39 is 0 Å². The molecule has 0 radical (unpaired) electrons. The van der Waals surface area contributed by atoms with Crippen LogP contribution in [-0.2, 0) is 9.59 Å². The molecule has 1 fully saturated rings. The highest BCUT2D eigenvalue weighted by Gasteiger charge is 2.04. The summed E-state index contributed by atoms with van der Waals surface area (Å²) < 4.78 is 0. The Morgan fingerprint density at radius 3 is 0.762 bits per heavy atom. The van der Waals surface area contributed by atoms with Gasteiger partial charge in [-0.05, 0) is 25.7 Å². The van der Waals surface area contributed by atoms with E-state index in [9.17, 15) is 9.59 Å². The summed E-state index contributed by atoms with van der Waals surface area (Å²) in [7, 11) is 0. The Hall–Kier alpha value is -0.660. The number of rotatable bonds is 0. The minimum atomic E-state index is 0.461. The zero-order valence-corrected chi connectivity index (χ0v) is 13.8. The van der Waals surface area contributed by atoms with Gasteiger partial charge in [0.2, 0.25) is 0 Å². The highest BCUT2D eigenvalue weighted by Crippen LogP contribution is 2.14. The highest BCUT2D eigenvalue weighted by molar-refractivity contribution is 5.78. The van der Waals surface area contributed by atoms with Crippen molar-refractivity contribution < 1.29 is 9.59 Å². The van der Waals surface area contributed by atoms with Gasteiger partial charge in [0, 0.05) is 25.7 Å². The first kappa shape index (κ1) is 18.4. The van der Waals surface area contributed by atoms with Gasteiger partial charge < -0.3 is 0 Å². The molecule has 0 bridgehead atoms. The SMILES string of the molecule is O=C1CCCCCCCCCCC(=O)CCCCCCC1. The smallest absolute Gasteiger partial charge is 0.132 e. The molecule has 0 aromatic heterocycles. The van der Waals surface area contributed by atoms with Crippen molar-refractivity contribution in [3.8, 4) is 0 Å². The summed E-state index contributed by atoms with van der Waals surface area (Å²) in [5.41, 5.74) is 0. The van der Waals surface area contributed by atoms with E-state index in [4.69, 9.17) is 0 Å². The molecule has 2 heteroatoms. The van der Waals surface area contributed by atoms with E-state index in [0.29, 0.717) is 11.6 Å². The number of carbonyl (C=O) groups is 2. The average Bonchev–Trinajstić information content (AvgIpc) is 2.47. The van der Waals surface area contributed by atoms with Gasteiger partial charge in [-0.15, -0.1) is 0 Å². The minimum absolute atomic E-state index is 0.461. The molecule has 0 N–H and O–H groups in total. The van der Waals surface area contributed by atoms with E-state index in [1.165, 1.54) is 44.9 Å². The molecule has 1 saturated carbocycles. The zero-order chi connectivity index (χ0) is 15.2. The molecule has 122 valence electrons. The standard InChI is InChI=1S/C19H34O2/c20-18-14-10-6-3-1-2-4-7-11-15-19(21)17-13-9-5-8-12-16-18/h1-17H2. The fourth-order valence-corrected chi connectivity index (χ4v) is 3.13. The Morgan fingerprint density at radius 2 is 0.524 bits per heavy atom. The van der Waals surface area contributed by atoms with Gasteiger partial charge in [-0.25, -0.2) is 0 Å². The number of hydrogen-bond donors (Lipinski definition) is 0. The molecule has 0 heterocycles. The number of Topliss-reactive ketones (excluding diaryl/α,β-unsaturated/α-hetero) is 2. The van der Waals surface area contributed by atoms with Crippen molar-refractivity contribution >= 4 is 11.6 Å². The second kappa shape index (κ2) is 13.0. The Bertz CT molecular complexity index is 255. The lowest BCUT2D eigenvalue weighted by Crippen LogP contribution is -1.98. The molecule has 1 rings (SSSR count). The third-order valence-corrected chi connectivity index (χ3v) is 4.57. The molecular weight excluding hydrogens is 260 g/mol. The van der Waals surface area contributed by atoms with Crippen LogP contribution in [0.3, 0.4) is 0 Å². The largest absolute Gasteiger partial charge is 0.300 e. The van der Waals surface area contributed by atoms with E-state index >= 15 is 0 Å². The van der Waals surface area contributed by atoms with E-state index in [2.05, 4.69) is 0 Å². The van der Waals surface area contributed by atoms with Crippen LogP contribution in [0.5, 0.6) is 0 Å². The summed E-state index contributed by atoms with van der Waals surface area (Å²) >= 11 is 0. The van der Waals surface area contributed by atoms with Gasteiger partial charge in [0.1, 0.15) is 11.6 Å². The predicted molar refractivity (Wildman–Crippen MR) is 88.5 cm³/mol. The molecule has 21 heavy (non-hydrogen) atoms. The minimum Gasteiger partial charge on any atom is -0.300 e. The summed E-state index contributed by atoms with van der Waals surface area (Å²) in [5, 5.41) is 0. The van der Waals surface area contributed by atoms with E-state index in [1.54, 1.807) is 0 Å². The monoisotopic (exact) mass is 294 g/mol. The molecule has 0 unspecified atom stereocenters. The fraction of sp³-hybridized carbons (Fsp3) is 0.895. The van der Waals surface area contributed by atoms with Gasteiger partial charge in [0.25, 0.3) is 0 Å². The first-order chi connectivity index (χ1) is 10.3. The van der Waals surface area contributed by atoms with Crippen LogP contribution in [0.1, 0.15) is 109 Å². The lowest BCUT2D eigenvalue weighted by molar-refractivity contribution is -0.120. The van der Waals surface area contributed by atoms with Crippen LogP contribution in [0, 0.1) is 0 Å². The van der Waals surface area contributed by atoms with Crippen molar-refractivity contribution in [2.75, 3.05) is 0 Å². The van der Waals surface area contributed by atoms with Crippen molar-refractivity contribution in [2.45, 2.75) is 109 Å². The van der Waals surface area contributed by atoms with E-state index in [-0.39, 0.29) is 0 Å². The molecule has 2 nitrogen and oxygen atoms in total. The van der Waals surface area contributed by atoms with Crippen molar-refractivity contribution in [3.05, 3.63) is 0 Å². The molecule has 0 aromatic rings. The predicted octanol–water partition coefficient (Wildman–Crippen LogP) is 5.77.